The summed E-state index contributed by atoms with van der Waals surface area (Å²) < 4.78 is 14.8. The number of benzene rings is 2. The van der Waals surface area contributed by atoms with E-state index in [4.69, 9.17) is 11.6 Å². The number of nitrogens with one attached hydrogen (secondary N) is 2. The first-order valence-corrected chi connectivity index (χ1v) is 9.97. The number of carbonyl (C=O) groups is 2. The lowest BCUT2D eigenvalue weighted by Gasteiger charge is -2.07. The summed E-state index contributed by atoms with van der Waals surface area (Å²) in [5, 5.41) is 10.1. The molecule has 0 saturated heterocycles. The third kappa shape index (κ3) is 5.16. The van der Waals surface area contributed by atoms with Crippen LogP contribution in [-0.2, 0) is 11.2 Å². The third-order valence-electron chi connectivity index (χ3n) is 4.51. The second-order valence-corrected chi connectivity index (χ2v) is 7.28. The molecule has 7 nitrogen and oxygen atoms in total. The molecule has 2 heterocycles. The number of amides is 2. The van der Waals surface area contributed by atoms with Gasteiger partial charge in [-0.1, -0.05) is 29.8 Å². The van der Waals surface area contributed by atoms with Crippen molar-refractivity contribution in [1.29, 1.82) is 0 Å². The molecule has 4 aromatic rings. The van der Waals surface area contributed by atoms with Crippen LogP contribution in [0, 0.1) is 5.95 Å². The van der Waals surface area contributed by atoms with Crippen molar-refractivity contribution in [2.24, 2.45) is 0 Å². The molecule has 2 aromatic heterocycles. The molecule has 0 aliphatic carbocycles. The molecule has 160 valence electrons. The lowest BCUT2D eigenvalue weighted by molar-refractivity contribution is -0.115. The standard InChI is InChI=1S/C23H17ClFN5O2/c24-19-6-1-2-7-20(19)29-22(31)10-15-13-27-30(14-15)18-5-3-4-16(11-18)23(32)28-17-8-9-26-21(25)12-17/h1-9,11-14H,10H2,(H,29,31)(H,26,28,32). The lowest BCUT2D eigenvalue weighted by atomic mass is 10.2. The summed E-state index contributed by atoms with van der Waals surface area (Å²) >= 11 is 6.07. The second kappa shape index (κ2) is 9.40. The highest BCUT2D eigenvalue weighted by Crippen LogP contribution is 2.21. The molecule has 0 aliphatic rings. The van der Waals surface area contributed by atoms with E-state index in [-0.39, 0.29) is 12.3 Å². The van der Waals surface area contributed by atoms with E-state index in [9.17, 15) is 14.0 Å². The Bertz CT molecular complexity index is 1290. The van der Waals surface area contributed by atoms with Crippen molar-refractivity contribution in [3.63, 3.8) is 0 Å². The van der Waals surface area contributed by atoms with Crippen molar-refractivity contribution in [2.75, 3.05) is 10.6 Å². The topological polar surface area (TPSA) is 88.9 Å². The van der Waals surface area contributed by atoms with E-state index < -0.39 is 11.9 Å². The molecule has 2 N–H and O–H groups in total. The van der Waals surface area contributed by atoms with Crippen LogP contribution in [0.25, 0.3) is 5.69 Å². The SMILES string of the molecule is O=C(Cc1cnn(-c2cccc(C(=O)Nc3ccnc(F)c3)c2)c1)Nc1ccccc1Cl. The van der Waals surface area contributed by atoms with Gasteiger partial charge in [-0.15, -0.1) is 0 Å². The number of aromatic nitrogens is 3. The molecule has 32 heavy (non-hydrogen) atoms. The molecule has 0 saturated carbocycles. The maximum atomic E-state index is 13.2. The Morgan fingerprint density at radius 2 is 1.88 bits per heavy atom. The maximum Gasteiger partial charge on any atom is 0.255 e. The van der Waals surface area contributed by atoms with Gasteiger partial charge in [-0.25, -0.2) is 9.67 Å². The number of hydrogen-bond acceptors (Lipinski definition) is 4. The predicted molar refractivity (Wildman–Crippen MR) is 119 cm³/mol. The Hall–Kier alpha value is -4.04. The average molecular weight is 450 g/mol. The van der Waals surface area contributed by atoms with Gasteiger partial charge in [0.25, 0.3) is 5.91 Å². The first kappa shape index (κ1) is 21.2. The van der Waals surface area contributed by atoms with Gasteiger partial charge < -0.3 is 10.6 Å². The summed E-state index contributed by atoms with van der Waals surface area (Å²) in [4.78, 5) is 28.3. The van der Waals surface area contributed by atoms with Gasteiger partial charge >= 0.3 is 0 Å². The molecule has 0 aliphatic heterocycles. The quantitative estimate of drug-likeness (QED) is 0.424. The molecular weight excluding hydrogens is 433 g/mol. The van der Waals surface area contributed by atoms with Crippen LogP contribution in [0.4, 0.5) is 15.8 Å². The van der Waals surface area contributed by atoms with Crippen molar-refractivity contribution in [1.82, 2.24) is 14.8 Å². The van der Waals surface area contributed by atoms with Crippen LogP contribution in [0.3, 0.4) is 0 Å². The Labute approximate surface area is 187 Å². The number of hydrogen-bond donors (Lipinski definition) is 2. The number of halogens is 2. The zero-order valence-corrected chi connectivity index (χ0v) is 17.4. The Morgan fingerprint density at radius 3 is 2.69 bits per heavy atom. The van der Waals surface area contributed by atoms with Gasteiger partial charge in [0.2, 0.25) is 11.9 Å². The van der Waals surface area contributed by atoms with Crippen molar-refractivity contribution >= 4 is 34.8 Å². The number of anilines is 2. The maximum absolute atomic E-state index is 13.2. The van der Waals surface area contributed by atoms with E-state index in [2.05, 4.69) is 20.7 Å². The fraction of sp³-hybridized carbons (Fsp3) is 0.0435. The fourth-order valence-electron chi connectivity index (χ4n) is 3.01. The van der Waals surface area contributed by atoms with E-state index in [0.29, 0.717) is 33.2 Å². The summed E-state index contributed by atoms with van der Waals surface area (Å²) in [5.74, 6) is -1.31. The smallest absolute Gasteiger partial charge is 0.255 e. The second-order valence-electron chi connectivity index (χ2n) is 6.87. The highest BCUT2D eigenvalue weighted by molar-refractivity contribution is 6.33. The summed E-state index contributed by atoms with van der Waals surface area (Å²) in [7, 11) is 0. The third-order valence-corrected chi connectivity index (χ3v) is 4.84. The van der Waals surface area contributed by atoms with Crippen molar-refractivity contribution in [3.05, 3.63) is 101 Å². The molecule has 2 amide bonds. The minimum Gasteiger partial charge on any atom is -0.324 e. The minimum atomic E-state index is -0.681. The minimum absolute atomic E-state index is 0.110. The predicted octanol–water partition coefficient (Wildman–Crippen LogP) is 4.49. The van der Waals surface area contributed by atoms with E-state index in [0.717, 1.165) is 6.07 Å². The van der Waals surface area contributed by atoms with Crippen LogP contribution in [-0.4, -0.2) is 26.6 Å². The highest BCUT2D eigenvalue weighted by atomic mass is 35.5. The first-order chi connectivity index (χ1) is 15.5. The van der Waals surface area contributed by atoms with Crippen LogP contribution in [0.1, 0.15) is 15.9 Å². The van der Waals surface area contributed by atoms with E-state index >= 15 is 0 Å². The molecular formula is C23H17ClFN5O2. The largest absolute Gasteiger partial charge is 0.324 e. The van der Waals surface area contributed by atoms with Crippen LogP contribution in [0.15, 0.2) is 79.3 Å². The van der Waals surface area contributed by atoms with Crippen LogP contribution >= 0.6 is 11.6 Å². The van der Waals surface area contributed by atoms with E-state index in [1.165, 1.54) is 12.3 Å². The molecule has 0 fully saturated rings. The Kier molecular flexibility index (Phi) is 6.23. The molecule has 0 unspecified atom stereocenters. The number of carbonyl (C=O) groups excluding carboxylic acids is 2. The summed E-state index contributed by atoms with van der Waals surface area (Å²) in [5.41, 5.74) is 2.54. The van der Waals surface area contributed by atoms with Crippen molar-refractivity contribution in [2.45, 2.75) is 6.42 Å². The van der Waals surface area contributed by atoms with E-state index in [1.807, 2.05) is 0 Å². The van der Waals surface area contributed by atoms with Crippen LogP contribution < -0.4 is 10.6 Å². The number of nitrogens with zero attached hydrogens (tertiary/aromatic N) is 3. The molecule has 4 rings (SSSR count). The average Bonchev–Trinajstić information content (AvgIpc) is 3.24. The van der Waals surface area contributed by atoms with Gasteiger partial charge in [-0.3, -0.25) is 9.59 Å². The highest BCUT2D eigenvalue weighted by Gasteiger charge is 2.11. The van der Waals surface area contributed by atoms with Gasteiger partial charge in [-0.05, 0) is 42.0 Å². The van der Waals surface area contributed by atoms with Gasteiger partial charge in [0.15, 0.2) is 0 Å². The van der Waals surface area contributed by atoms with Gasteiger partial charge in [-0.2, -0.15) is 9.49 Å². The fourth-order valence-corrected chi connectivity index (χ4v) is 3.19. The van der Waals surface area contributed by atoms with E-state index in [1.54, 1.807) is 65.6 Å². The van der Waals surface area contributed by atoms with Crippen molar-refractivity contribution < 1.29 is 14.0 Å². The molecule has 9 heteroatoms. The monoisotopic (exact) mass is 449 g/mol. The number of rotatable bonds is 6. The summed E-state index contributed by atoms with van der Waals surface area (Å²) in [6.07, 6.45) is 4.67. The lowest BCUT2D eigenvalue weighted by Crippen LogP contribution is -2.14. The normalized spacial score (nSPS) is 10.6. The van der Waals surface area contributed by atoms with Crippen molar-refractivity contribution in [3.8, 4) is 5.69 Å². The molecule has 0 spiro atoms. The Balaban J connectivity index is 1.44. The molecule has 0 bridgehead atoms. The number of para-hydroxylation sites is 1. The molecule has 0 radical (unpaired) electrons. The first-order valence-electron chi connectivity index (χ1n) is 9.59. The van der Waals surface area contributed by atoms with Gasteiger partial charge in [0.1, 0.15) is 0 Å². The zero-order valence-electron chi connectivity index (χ0n) is 16.6. The van der Waals surface area contributed by atoms with Crippen LogP contribution in [0.5, 0.6) is 0 Å². The zero-order chi connectivity index (χ0) is 22.5. The summed E-state index contributed by atoms with van der Waals surface area (Å²) in [6, 6.07) is 16.4. The Morgan fingerprint density at radius 1 is 1.03 bits per heavy atom. The van der Waals surface area contributed by atoms with Gasteiger partial charge in [0.05, 0.1) is 29.0 Å². The summed E-state index contributed by atoms with van der Waals surface area (Å²) in [6.45, 7) is 0. The van der Waals surface area contributed by atoms with Gasteiger partial charge in [0, 0.05) is 29.7 Å². The number of pyridine rings is 1. The molecule has 0 atom stereocenters. The molecule has 2 aromatic carbocycles. The van der Waals surface area contributed by atoms with Crippen LogP contribution in [0.2, 0.25) is 5.02 Å².